The summed E-state index contributed by atoms with van der Waals surface area (Å²) in [5, 5.41) is 2.85. The van der Waals surface area contributed by atoms with Crippen molar-refractivity contribution in [3.8, 4) is 0 Å². The Bertz CT molecular complexity index is 532. The zero-order valence-corrected chi connectivity index (χ0v) is 14.1. The van der Waals surface area contributed by atoms with E-state index in [0.717, 1.165) is 19.4 Å². The van der Waals surface area contributed by atoms with Gasteiger partial charge in [-0.1, -0.05) is 0 Å². The van der Waals surface area contributed by atoms with Gasteiger partial charge in [-0.15, -0.1) is 0 Å². The second-order valence-electron chi connectivity index (χ2n) is 6.25. The minimum atomic E-state index is -0.107. The normalized spacial score (nSPS) is 17.5. The molecule has 1 aromatic heterocycles. The van der Waals surface area contributed by atoms with E-state index >= 15 is 0 Å². The summed E-state index contributed by atoms with van der Waals surface area (Å²) < 4.78 is 10.9. The molecule has 1 aliphatic rings. The van der Waals surface area contributed by atoms with E-state index in [2.05, 4.69) is 5.32 Å². The molecule has 0 aliphatic carbocycles. The van der Waals surface area contributed by atoms with Crippen LogP contribution in [0.1, 0.15) is 49.2 Å². The minimum absolute atomic E-state index is 0.0472. The van der Waals surface area contributed by atoms with Gasteiger partial charge in [0.1, 0.15) is 5.76 Å². The molecule has 0 spiro atoms. The summed E-state index contributed by atoms with van der Waals surface area (Å²) in [6.07, 6.45) is 3.82. The molecule has 2 amide bonds. The fourth-order valence-corrected chi connectivity index (χ4v) is 2.72. The van der Waals surface area contributed by atoms with Crippen molar-refractivity contribution in [3.63, 3.8) is 0 Å². The van der Waals surface area contributed by atoms with E-state index in [1.807, 2.05) is 13.8 Å². The summed E-state index contributed by atoms with van der Waals surface area (Å²) in [5.74, 6) is 0.442. The van der Waals surface area contributed by atoms with Crippen LogP contribution in [0.15, 0.2) is 16.7 Å². The topological polar surface area (TPSA) is 71.8 Å². The van der Waals surface area contributed by atoms with E-state index in [1.165, 1.54) is 6.26 Å². The Labute approximate surface area is 137 Å². The van der Waals surface area contributed by atoms with Crippen LogP contribution < -0.4 is 5.32 Å². The lowest BCUT2D eigenvalue weighted by molar-refractivity contribution is -0.121. The first kappa shape index (κ1) is 17.5. The molecule has 1 unspecified atom stereocenters. The molecule has 128 valence electrons. The van der Waals surface area contributed by atoms with Crippen molar-refractivity contribution in [2.24, 2.45) is 0 Å². The zero-order chi connectivity index (χ0) is 16.8. The summed E-state index contributed by atoms with van der Waals surface area (Å²) in [6, 6.07) is 1.77. The van der Waals surface area contributed by atoms with Gasteiger partial charge in [-0.05, 0) is 39.7 Å². The first-order chi connectivity index (χ1) is 11.0. The lowest BCUT2D eigenvalue weighted by Gasteiger charge is -2.25. The molecule has 1 aromatic rings. The van der Waals surface area contributed by atoms with Gasteiger partial charge in [0.25, 0.3) is 5.91 Å². The van der Waals surface area contributed by atoms with Crippen molar-refractivity contribution in [1.82, 2.24) is 10.2 Å². The molecular weight excluding hydrogens is 296 g/mol. The SMILES string of the molecule is Cc1occc1C(=O)N(CCC(=O)NC(C)C)CC1CCCO1. The molecule has 0 saturated carbocycles. The van der Waals surface area contributed by atoms with Crippen LogP contribution in [-0.4, -0.2) is 48.6 Å². The quantitative estimate of drug-likeness (QED) is 0.835. The van der Waals surface area contributed by atoms with Crippen molar-refractivity contribution >= 4 is 11.8 Å². The van der Waals surface area contributed by atoms with E-state index in [0.29, 0.717) is 24.4 Å². The summed E-state index contributed by atoms with van der Waals surface area (Å²) in [4.78, 5) is 26.3. The molecule has 0 radical (unpaired) electrons. The summed E-state index contributed by atoms with van der Waals surface area (Å²) in [6.45, 7) is 7.23. The number of nitrogens with one attached hydrogen (secondary N) is 1. The molecule has 1 aliphatic heterocycles. The molecule has 0 bridgehead atoms. The van der Waals surface area contributed by atoms with Crippen LogP contribution in [0.25, 0.3) is 0 Å². The first-order valence-electron chi connectivity index (χ1n) is 8.21. The van der Waals surface area contributed by atoms with Crippen molar-refractivity contribution in [1.29, 1.82) is 0 Å². The fourth-order valence-electron chi connectivity index (χ4n) is 2.72. The largest absolute Gasteiger partial charge is 0.469 e. The molecule has 1 N–H and O–H groups in total. The number of nitrogens with zero attached hydrogens (tertiary/aromatic N) is 1. The maximum Gasteiger partial charge on any atom is 0.257 e. The molecule has 2 heterocycles. The number of amides is 2. The molecule has 1 fully saturated rings. The van der Waals surface area contributed by atoms with Crippen molar-refractivity contribution in [3.05, 3.63) is 23.7 Å². The van der Waals surface area contributed by atoms with Gasteiger partial charge in [-0.3, -0.25) is 9.59 Å². The van der Waals surface area contributed by atoms with Gasteiger partial charge in [0.05, 0.1) is 17.9 Å². The standard InChI is InChI=1S/C17H26N2O4/c1-12(2)18-16(20)6-8-19(11-14-5-4-9-23-14)17(21)15-7-10-22-13(15)3/h7,10,12,14H,4-6,8-9,11H2,1-3H3,(H,18,20). The van der Waals surface area contributed by atoms with Gasteiger partial charge in [0.2, 0.25) is 5.91 Å². The first-order valence-corrected chi connectivity index (χ1v) is 8.21. The Balaban J connectivity index is 2.00. The number of carbonyl (C=O) groups excluding carboxylic acids is 2. The van der Waals surface area contributed by atoms with E-state index < -0.39 is 0 Å². The van der Waals surface area contributed by atoms with Crippen molar-refractivity contribution in [2.75, 3.05) is 19.7 Å². The summed E-state index contributed by atoms with van der Waals surface area (Å²) >= 11 is 0. The third kappa shape index (κ3) is 5.10. The van der Waals surface area contributed by atoms with Gasteiger partial charge >= 0.3 is 0 Å². The Morgan fingerprint density at radius 3 is 2.78 bits per heavy atom. The van der Waals surface area contributed by atoms with Crippen LogP contribution in [-0.2, 0) is 9.53 Å². The Kier molecular flexibility index (Phi) is 6.21. The molecule has 0 aromatic carbocycles. The lowest BCUT2D eigenvalue weighted by Crippen LogP contribution is -2.40. The zero-order valence-electron chi connectivity index (χ0n) is 14.1. The number of furan rings is 1. The average molecular weight is 322 g/mol. The number of aryl methyl sites for hydroxylation is 1. The Hall–Kier alpha value is -1.82. The van der Waals surface area contributed by atoms with E-state index in [-0.39, 0.29) is 30.4 Å². The highest BCUT2D eigenvalue weighted by atomic mass is 16.5. The minimum Gasteiger partial charge on any atom is -0.469 e. The molecule has 1 saturated heterocycles. The van der Waals surface area contributed by atoms with Gasteiger partial charge in [-0.2, -0.15) is 0 Å². The Morgan fingerprint density at radius 1 is 1.43 bits per heavy atom. The second-order valence-corrected chi connectivity index (χ2v) is 6.25. The number of hydrogen-bond acceptors (Lipinski definition) is 4. The van der Waals surface area contributed by atoms with Crippen LogP contribution >= 0.6 is 0 Å². The van der Waals surface area contributed by atoms with E-state index in [9.17, 15) is 9.59 Å². The lowest BCUT2D eigenvalue weighted by atomic mass is 10.1. The predicted molar refractivity (Wildman–Crippen MR) is 86.2 cm³/mol. The predicted octanol–water partition coefficient (Wildman–Crippen LogP) is 2.12. The van der Waals surface area contributed by atoms with Gasteiger partial charge in [-0.25, -0.2) is 0 Å². The van der Waals surface area contributed by atoms with E-state index in [1.54, 1.807) is 17.9 Å². The van der Waals surface area contributed by atoms with Crippen LogP contribution in [0.3, 0.4) is 0 Å². The number of rotatable bonds is 7. The van der Waals surface area contributed by atoms with Gasteiger partial charge < -0.3 is 19.4 Å². The molecule has 6 heteroatoms. The van der Waals surface area contributed by atoms with Gasteiger partial charge in [0, 0.05) is 32.2 Å². The highest BCUT2D eigenvalue weighted by Crippen LogP contribution is 2.17. The van der Waals surface area contributed by atoms with Crippen LogP contribution in [0.4, 0.5) is 0 Å². The number of carbonyl (C=O) groups is 2. The third-order valence-electron chi connectivity index (χ3n) is 3.88. The monoisotopic (exact) mass is 322 g/mol. The summed E-state index contributed by atoms with van der Waals surface area (Å²) in [5.41, 5.74) is 0.548. The number of ether oxygens (including phenoxy) is 1. The third-order valence-corrected chi connectivity index (χ3v) is 3.88. The maximum absolute atomic E-state index is 12.7. The molecule has 6 nitrogen and oxygen atoms in total. The van der Waals surface area contributed by atoms with Gasteiger partial charge in [0.15, 0.2) is 0 Å². The average Bonchev–Trinajstić information content (AvgIpc) is 3.13. The Morgan fingerprint density at radius 2 is 2.22 bits per heavy atom. The van der Waals surface area contributed by atoms with Crippen molar-refractivity contribution in [2.45, 2.75) is 52.2 Å². The molecule has 1 atom stereocenters. The smallest absolute Gasteiger partial charge is 0.257 e. The van der Waals surface area contributed by atoms with Crippen LogP contribution in [0, 0.1) is 6.92 Å². The molecule has 2 rings (SSSR count). The second kappa shape index (κ2) is 8.15. The van der Waals surface area contributed by atoms with E-state index in [4.69, 9.17) is 9.15 Å². The maximum atomic E-state index is 12.7. The molecular formula is C17H26N2O4. The highest BCUT2D eigenvalue weighted by Gasteiger charge is 2.25. The summed E-state index contributed by atoms with van der Waals surface area (Å²) in [7, 11) is 0. The van der Waals surface area contributed by atoms with Crippen molar-refractivity contribution < 1.29 is 18.7 Å². The van der Waals surface area contributed by atoms with Crippen LogP contribution in [0.5, 0.6) is 0 Å². The molecule has 23 heavy (non-hydrogen) atoms. The fraction of sp³-hybridized carbons (Fsp3) is 0.647. The number of hydrogen-bond donors (Lipinski definition) is 1. The van der Waals surface area contributed by atoms with Crippen LogP contribution in [0.2, 0.25) is 0 Å². The highest BCUT2D eigenvalue weighted by molar-refractivity contribution is 5.95.